The minimum absolute atomic E-state index is 0.134. The molecule has 1 aliphatic rings. The Hall–Kier alpha value is -1.88. The van der Waals surface area contributed by atoms with Crippen LogP contribution in [0.4, 0.5) is 10.1 Å². The van der Waals surface area contributed by atoms with Gasteiger partial charge in [-0.2, -0.15) is 0 Å². The molecule has 1 N–H and O–H groups in total. The van der Waals surface area contributed by atoms with Gasteiger partial charge in [0.25, 0.3) is 0 Å². The minimum Gasteiger partial charge on any atom is -0.478 e. The van der Waals surface area contributed by atoms with Gasteiger partial charge in [-0.05, 0) is 36.6 Å². The summed E-state index contributed by atoms with van der Waals surface area (Å²) in [5.41, 5.74) is 1.08. The molecule has 1 fully saturated rings. The molecule has 20 heavy (non-hydrogen) atoms. The van der Waals surface area contributed by atoms with Gasteiger partial charge in [-0.3, -0.25) is 0 Å². The van der Waals surface area contributed by atoms with E-state index in [1.807, 2.05) is 4.90 Å². The van der Waals surface area contributed by atoms with Crippen LogP contribution >= 0.6 is 0 Å². The maximum Gasteiger partial charge on any atom is 0.328 e. The normalized spacial score (nSPS) is 19.5. The van der Waals surface area contributed by atoms with Crippen molar-refractivity contribution in [2.24, 2.45) is 0 Å². The van der Waals surface area contributed by atoms with Gasteiger partial charge in [-0.1, -0.05) is 6.07 Å². The van der Waals surface area contributed by atoms with Crippen LogP contribution in [0.15, 0.2) is 24.3 Å². The van der Waals surface area contributed by atoms with E-state index >= 15 is 0 Å². The van der Waals surface area contributed by atoms with Gasteiger partial charge in [-0.25, -0.2) is 9.18 Å². The molecule has 0 bridgehead atoms. The van der Waals surface area contributed by atoms with E-state index in [-0.39, 0.29) is 11.9 Å². The van der Waals surface area contributed by atoms with E-state index in [1.54, 1.807) is 19.2 Å². The minimum atomic E-state index is -1.05. The predicted octanol–water partition coefficient (Wildman–Crippen LogP) is 2.54. The van der Waals surface area contributed by atoms with Crippen LogP contribution in [0, 0.1) is 5.82 Å². The molecule has 0 spiro atoms. The molecule has 0 amide bonds. The molecule has 1 unspecified atom stereocenters. The summed E-state index contributed by atoms with van der Waals surface area (Å²) in [6.07, 6.45) is 4.47. The molecule has 4 nitrogen and oxygen atoms in total. The van der Waals surface area contributed by atoms with Gasteiger partial charge in [0.2, 0.25) is 0 Å². The molecule has 1 aliphatic heterocycles. The van der Waals surface area contributed by atoms with Crippen LogP contribution in [0.2, 0.25) is 0 Å². The standard InChI is InChI=1S/C15H18FNO3/c1-20-12-3-2-8-17(10-12)14-6-4-11(9-13(14)16)5-7-15(18)19/h4-7,9,12H,2-3,8,10H2,1H3,(H,18,19)/b7-5+. The van der Waals surface area contributed by atoms with E-state index in [4.69, 9.17) is 9.84 Å². The fourth-order valence-corrected chi connectivity index (χ4v) is 2.40. The Kier molecular flexibility index (Phi) is 4.74. The first kappa shape index (κ1) is 14.5. The average molecular weight is 279 g/mol. The Morgan fingerprint density at radius 1 is 1.55 bits per heavy atom. The van der Waals surface area contributed by atoms with Crippen molar-refractivity contribution in [3.05, 3.63) is 35.7 Å². The molecular weight excluding hydrogens is 261 g/mol. The topological polar surface area (TPSA) is 49.8 Å². The highest BCUT2D eigenvalue weighted by Gasteiger charge is 2.21. The van der Waals surface area contributed by atoms with E-state index in [2.05, 4.69) is 0 Å². The van der Waals surface area contributed by atoms with Crippen molar-refractivity contribution < 1.29 is 19.0 Å². The lowest BCUT2D eigenvalue weighted by atomic mass is 10.1. The van der Waals surface area contributed by atoms with E-state index in [9.17, 15) is 9.18 Å². The van der Waals surface area contributed by atoms with Crippen LogP contribution in [-0.4, -0.2) is 37.4 Å². The second kappa shape index (κ2) is 6.52. The van der Waals surface area contributed by atoms with Crippen molar-refractivity contribution in [2.45, 2.75) is 18.9 Å². The van der Waals surface area contributed by atoms with E-state index < -0.39 is 5.97 Å². The number of carboxylic acids is 1. The number of aliphatic carboxylic acids is 1. The number of hydrogen-bond acceptors (Lipinski definition) is 3. The number of carbonyl (C=O) groups is 1. The van der Waals surface area contributed by atoms with E-state index in [1.165, 1.54) is 12.1 Å². The number of ether oxygens (including phenoxy) is 1. The first-order valence-electron chi connectivity index (χ1n) is 6.58. The molecule has 1 aromatic rings. The number of piperidine rings is 1. The number of anilines is 1. The maximum atomic E-state index is 14.1. The SMILES string of the molecule is COC1CCCN(c2ccc(/C=C/C(=O)O)cc2F)C1. The number of benzene rings is 1. The first-order chi connectivity index (χ1) is 9.60. The predicted molar refractivity (Wildman–Crippen MR) is 75.3 cm³/mol. The lowest BCUT2D eigenvalue weighted by molar-refractivity contribution is -0.131. The first-order valence-corrected chi connectivity index (χ1v) is 6.58. The quantitative estimate of drug-likeness (QED) is 0.860. The lowest BCUT2D eigenvalue weighted by Gasteiger charge is -2.33. The molecule has 1 heterocycles. The molecule has 0 aromatic heterocycles. The zero-order valence-electron chi connectivity index (χ0n) is 11.4. The van der Waals surface area contributed by atoms with Gasteiger partial charge in [0, 0.05) is 26.3 Å². The molecule has 1 saturated heterocycles. The Morgan fingerprint density at radius 3 is 3.00 bits per heavy atom. The molecule has 2 rings (SSSR count). The van der Waals surface area contributed by atoms with Crippen molar-refractivity contribution >= 4 is 17.7 Å². The second-order valence-electron chi connectivity index (χ2n) is 4.83. The largest absolute Gasteiger partial charge is 0.478 e. The van der Waals surface area contributed by atoms with Crippen LogP contribution in [0.25, 0.3) is 6.08 Å². The summed E-state index contributed by atoms with van der Waals surface area (Å²) < 4.78 is 19.5. The van der Waals surface area contributed by atoms with Gasteiger partial charge in [0.15, 0.2) is 0 Å². The third kappa shape index (κ3) is 3.57. The fraction of sp³-hybridized carbons (Fsp3) is 0.400. The summed E-state index contributed by atoms with van der Waals surface area (Å²) in [4.78, 5) is 12.4. The van der Waals surface area contributed by atoms with Crippen LogP contribution in [-0.2, 0) is 9.53 Å². The zero-order chi connectivity index (χ0) is 14.5. The summed E-state index contributed by atoms with van der Waals surface area (Å²) in [7, 11) is 1.67. The monoisotopic (exact) mass is 279 g/mol. The Bertz CT molecular complexity index is 516. The lowest BCUT2D eigenvalue weighted by Crippen LogP contribution is -2.39. The summed E-state index contributed by atoms with van der Waals surface area (Å²) in [6.45, 7) is 1.48. The third-order valence-electron chi connectivity index (χ3n) is 3.44. The van der Waals surface area contributed by atoms with Crippen molar-refractivity contribution in [2.75, 3.05) is 25.1 Å². The number of nitrogens with zero attached hydrogens (tertiary/aromatic N) is 1. The van der Waals surface area contributed by atoms with Crippen molar-refractivity contribution in [3.63, 3.8) is 0 Å². The number of carboxylic acid groups (broad SMARTS) is 1. The molecule has 0 saturated carbocycles. The second-order valence-corrected chi connectivity index (χ2v) is 4.83. The molecule has 1 atom stereocenters. The van der Waals surface area contributed by atoms with Gasteiger partial charge >= 0.3 is 5.97 Å². The highest BCUT2D eigenvalue weighted by atomic mass is 19.1. The summed E-state index contributed by atoms with van der Waals surface area (Å²) in [5.74, 6) is -1.39. The number of rotatable bonds is 4. The molecule has 1 aromatic carbocycles. The van der Waals surface area contributed by atoms with Gasteiger partial charge in [0.1, 0.15) is 5.82 Å². The Morgan fingerprint density at radius 2 is 2.35 bits per heavy atom. The van der Waals surface area contributed by atoms with Crippen LogP contribution in [0.3, 0.4) is 0 Å². The molecule has 0 aliphatic carbocycles. The molecule has 5 heteroatoms. The van der Waals surface area contributed by atoms with Gasteiger partial charge in [0.05, 0.1) is 11.8 Å². The Balaban J connectivity index is 2.15. The number of hydrogen-bond donors (Lipinski definition) is 1. The zero-order valence-corrected chi connectivity index (χ0v) is 11.4. The van der Waals surface area contributed by atoms with Crippen molar-refractivity contribution in [1.29, 1.82) is 0 Å². The highest BCUT2D eigenvalue weighted by Crippen LogP contribution is 2.25. The van der Waals surface area contributed by atoms with E-state index in [0.29, 0.717) is 17.8 Å². The van der Waals surface area contributed by atoms with Crippen LogP contribution in [0.5, 0.6) is 0 Å². The smallest absolute Gasteiger partial charge is 0.328 e. The fourth-order valence-electron chi connectivity index (χ4n) is 2.40. The summed E-state index contributed by atoms with van der Waals surface area (Å²) in [5, 5.41) is 8.56. The molecular formula is C15H18FNO3. The summed E-state index contributed by atoms with van der Waals surface area (Å²) >= 11 is 0. The average Bonchev–Trinajstić information content (AvgIpc) is 2.45. The molecule has 108 valence electrons. The van der Waals surface area contributed by atoms with Crippen molar-refractivity contribution in [3.8, 4) is 0 Å². The maximum absolute atomic E-state index is 14.1. The highest BCUT2D eigenvalue weighted by molar-refractivity contribution is 5.85. The van der Waals surface area contributed by atoms with Gasteiger partial charge < -0.3 is 14.7 Å². The number of methoxy groups -OCH3 is 1. The number of halogens is 1. The van der Waals surface area contributed by atoms with Crippen molar-refractivity contribution in [1.82, 2.24) is 0 Å². The van der Waals surface area contributed by atoms with Gasteiger partial charge in [-0.15, -0.1) is 0 Å². The van der Waals surface area contributed by atoms with E-state index in [0.717, 1.165) is 25.5 Å². The molecule has 0 radical (unpaired) electrons. The summed E-state index contributed by atoms with van der Waals surface area (Å²) in [6, 6.07) is 4.76. The van der Waals surface area contributed by atoms with Crippen LogP contribution in [0.1, 0.15) is 18.4 Å². The Labute approximate surface area is 117 Å². The third-order valence-corrected chi connectivity index (χ3v) is 3.44. The van der Waals surface area contributed by atoms with Crippen LogP contribution < -0.4 is 4.90 Å².